The highest BCUT2D eigenvalue weighted by Crippen LogP contribution is 2.48. The topological polar surface area (TPSA) is 58.4 Å². The number of hydrogen-bond donors (Lipinski definition) is 2. The number of hydrogen-bond acceptors (Lipinski definition) is 2. The van der Waals surface area contributed by atoms with Crippen molar-refractivity contribution in [1.82, 2.24) is 15.2 Å². The molecule has 0 bridgehead atoms. The molecule has 152 valence electrons. The van der Waals surface area contributed by atoms with E-state index in [2.05, 4.69) is 47.9 Å². The van der Waals surface area contributed by atoms with Gasteiger partial charge in [0.1, 0.15) is 0 Å². The molecule has 2 aromatic rings. The first-order chi connectivity index (χ1) is 13.2. The molecule has 0 unspecified atom stereocenters. The van der Waals surface area contributed by atoms with Crippen LogP contribution in [0.15, 0.2) is 64.5 Å². The number of pyridine rings is 1. The van der Waals surface area contributed by atoms with Crippen LogP contribution in [-0.2, 0) is 12.0 Å². The number of unbranched alkanes of at least 4 members (excludes halogenated alkanes) is 1. The summed E-state index contributed by atoms with van der Waals surface area (Å²) in [5.74, 6) is 0.886. The van der Waals surface area contributed by atoms with Crippen LogP contribution >= 0.6 is 24.0 Å². The maximum Gasteiger partial charge on any atom is 0.250 e. The van der Waals surface area contributed by atoms with Crippen molar-refractivity contribution in [3.05, 3.63) is 70.6 Å². The predicted molar refractivity (Wildman–Crippen MR) is 127 cm³/mol. The van der Waals surface area contributed by atoms with Crippen LogP contribution in [0.25, 0.3) is 0 Å². The smallest absolute Gasteiger partial charge is 0.250 e. The molecule has 2 N–H and O–H groups in total. The van der Waals surface area contributed by atoms with Crippen LogP contribution in [0.3, 0.4) is 0 Å². The van der Waals surface area contributed by atoms with Gasteiger partial charge < -0.3 is 15.2 Å². The van der Waals surface area contributed by atoms with E-state index >= 15 is 0 Å². The summed E-state index contributed by atoms with van der Waals surface area (Å²) in [7, 11) is 0. The number of nitrogens with zero attached hydrogens (tertiary/aromatic N) is 2. The normalized spacial score (nSPS) is 14.8. The Morgan fingerprint density at radius 3 is 2.50 bits per heavy atom. The van der Waals surface area contributed by atoms with Crippen LogP contribution in [0.4, 0.5) is 0 Å². The summed E-state index contributed by atoms with van der Waals surface area (Å²) in [5, 5.41) is 6.76. The quantitative estimate of drug-likeness (QED) is 0.243. The molecule has 6 heteroatoms. The van der Waals surface area contributed by atoms with Crippen LogP contribution < -0.4 is 16.2 Å². The van der Waals surface area contributed by atoms with Gasteiger partial charge >= 0.3 is 0 Å². The van der Waals surface area contributed by atoms with Crippen LogP contribution in [0.1, 0.15) is 38.2 Å². The van der Waals surface area contributed by atoms with E-state index in [1.54, 1.807) is 16.7 Å². The molecule has 1 aliphatic carbocycles. The second-order valence-electron chi connectivity index (χ2n) is 7.21. The van der Waals surface area contributed by atoms with Gasteiger partial charge in [0.15, 0.2) is 5.96 Å². The van der Waals surface area contributed by atoms with E-state index in [-0.39, 0.29) is 35.0 Å². The lowest BCUT2D eigenvalue weighted by atomic mass is 9.96. The van der Waals surface area contributed by atoms with Gasteiger partial charge in [-0.05, 0) is 44.2 Å². The van der Waals surface area contributed by atoms with Crippen LogP contribution in [0, 0.1) is 0 Å². The van der Waals surface area contributed by atoms with E-state index in [0.717, 1.165) is 45.0 Å². The molecule has 0 spiro atoms. The second-order valence-corrected chi connectivity index (χ2v) is 7.21. The van der Waals surface area contributed by atoms with Gasteiger partial charge in [0, 0.05) is 37.3 Å². The Kier molecular flexibility index (Phi) is 9.02. The van der Waals surface area contributed by atoms with Gasteiger partial charge in [-0.25, -0.2) is 0 Å². The zero-order valence-corrected chi connectivity index (χ0v) is 18.9. The Hall–Kier alpha value is -1.83. The molecule has 1 aliphatic rings. The first-order valence-corrected chi connectivity index (χ1v) is 9.97. The summed E-state index contributed by atoms with van der Waals surface area (Å²) >= 11 is 0. The summed E-state index contributed by atoms with van der Waals surface area (Å²) in [6.45, 7) is 5.37. The Labute approximate surface area is 184 Å². The Morgan fingerprint density at radius 1 is 1.07 bits per heavy atom. The molecule has 1 heterocycles. The largest absolute Gasteiger partial charge is 0.357 e. The van der Waals surface area contributed by atoms with E-state index < -0.39 is 0 Å². The SMILES string of the molecule is CCNC(=NCC1(c2ccccc2)CC1)NCCCCn1ccccc1=O.I. The summed E-state index contributed by atoms with van der Waals surface area (Å²) in [6, 6.07) is 16.0. The van der Waals surface area contributed by atoms with E-state index in [1.807, 2.05) is 12.3 Å². The van der Waals surface area contributed by atoms with Crippen molar-refractivity contribution in [2.75, 3.05) is 19.6 Å². The number of nitrogens with one attached hydrogen (secondary N) is 2. The average Bonchev–Trinajstić information content (AvgIpc) is 3.49. The van der Waals surface area contributed by atoms with Gasteiger partial charge in [-0.3, -0.25) is 9.79 Å². The number of aryl methyl sites for hydroxylation is 1. The van der Waals surface area contributed by atoms with Gasteiger partial charge in [0.05, 0.1) is 6.54 Å². The lowest BCUT2D eigenvalue weighted by molar-refractivity contribution is 0.585. The molecule has 1 saturated carbocycles. The molecule has 0 aliphatic heterocycles. The molecule has 1 aromatic heterocycles. The summed E-state index contributed by atoms with van der Waals surface area (Å²) in [4.78, 5) is 16.5. The highest BCUT2D eigenvalue weighted by molar-refractivity contribution is 14.0. The number of aromatic nitrogens is 1. The van der Waals surface area contributed by atoms with Crippen LogP contribution in [0.2, 0.25) is 0 Å². The van der Waals surface area contributed by atoms with Crippen molar-refractivity contribution in [2.45, 2.75) is 44.6 Å². The number of aliphatic imine (C=N–C) groups is 1. The molecule has 1 fully saturated rings. The molecule has 3 rings (SSSR count). The number of guanidine groups is 1. The zero-order chi connectivity index (χ0) is 19.0. The Morgan fingerprint density at radius 2 is 1.82 bits per heavy atom. The molecule has 0 amide bonds. The van der Waals surface area contributed by atoms with Gasteiger partial charge in [0.2, 0.25) is 5.56 Å². The molecule has 0 saturated heterocycles. The van der Waals surface area contributed by atoms with Gasteiger partial charge in [-0.2, -0.15) is 0 Å². The third-order valence-corrected chi connectivity index (χ3v) is 5.14. The van der Waals surface area contributed by atoms with E-state index in [4.69, 9.17) is 4.99 Å². The van der Waals surface area contributed by atoms with Gasteiger partial charge in [-0.1, -0.05) is 36.4 Å². The van der Waals surface area contributed by atoms with Crippen LogP contribution in [0.5, 0.6) is 0 Å². The first-order valence-electron chi connectivity index (χ1n) is 9.97. The van der Waals surface area contributed by atoms with Crippen LogP contribution in [-0.4, -0.2) is 30.2 Å². The second kappa shape index (κ2) is 11.2. The minimum atomic E-state index is 0. The minimum absolute atomic E-state index is 0. The molecule has 5 nitrogen and oxygen atoms in total. The van der Waals surface area contributed by atoms with E-state index in [9.17, 15) is 4.79 Å². The Balaban J connectivity index is 0.00000280. The standard InChI is InChI=1S/C22H30N4O.HI/c1-2-23-21(24-15-7-9-17-26-16-8-6-12-20(26)27)25-18-22(13-14-22)19-10-4-3-5-11-19;/h3-6,8,10-12,16H,2,7,9,13-15,17-18H2,1H3,(H2,23,24,25);1H. The average molecular weight is 494 g/mol. The van der Waals surface area contributed by atoms with Gasteiger partial charge in [-0.15, -0.1) is 24.0 Å². The third kappa shape index (κ3) is 6.36. The van der Waals surface area contributed by atoms with Crippen molar-refractivity contribution < 1.29 is 0 Å². The summed E-state index contributed by atoms with van der Waals surface area (Å²) in [6.07, 6.45) is 6.23. The molecule has 0 radical (unpaired) electrons. The van der Waals surface area contributed by atoms with Crippen molar-refractivity contribution in [1.29, 1.82) is 0 Å². The number of halogens is 1. The lowest BCUT2D eigenvalue weighted by Gasteiger charge is -2.16. The zero-order valence-electron chi connectivity index (χ0n) is 16.6. The van der Waals surface area contributed by atoms with Crippen molar-refractivity contribution in [2.24, 2.45) is 4.99 Å². The summed E-state index contributed by atoms with van der Waals surface area (Å²) in [5.41, 5.74) is 1.70. The highest BCUT2D eigenvalue weighted by Gasteiger charge is 2.43. The molecular weight excluding hydrogens is 463 g/mol. The molecular formula is C22H31IN4O. The maximum atomic E-state index is 11.7. The monoisotopic (exact) mass is 494 g/mol. The van der Waals surface area contributed by atoms with Crippen molar-refractivity contribution in [3.63, 3.8) is 0 Å². The number of benzene rings is 1. The summed E-state index contributed by atoms with van der Waals surface area (Å²) < 4.78 is 1.76. The first kappa shape index (κ1) is 22.5. The lowest BCUT2D eigenvalue weighted by Crippen LogP contribution is -2.38. The molecule has 1 aromatic carbocycles. The fourth-order valence-electron chi connectivity index (χ4n) is 3.31. The maximum absolute atomic E-state index is 11.7. The van der Waals surface area contributed by atoms with Crippen molar-refractivity contribution in [3.8, 4) is 0 Å². The van der Waals surface area contributed by atoms with E-state index in [0.29, 0.717) is 0 Å². The fraction of sp³-hybridized carbons (Fsp3) is 0.455. The van der Waals surface area contributed by atoms with Crippen molar-refractivity contribution >= 4 is 29.9 Å². The van der Waals surface area contributed by atoms with Gasteiger partial charge in [0.25, 0.3) is 0 Å². The highest BCUT2D eigenvalue weighted by atomic mass is 127. The molecule has 28 heavy (non-hydrogen) atoms. The fourth-order valence-corrected chi connectivity index (χ4v) is 3.31. The predicted octanol–water partition coefficient (Wildman–Crippen LogP) is 3.53. The number of rotatable bonds is 9. The van der Waals surface area contributed by atoms with E-state index in [1.165, 1.54) is 18.4 Å². The molecule has 0 atom stereocenters. The Bertz CT molecular complexity index is 799. The third-order valence-electron chi connectivity index (χ3n) is 5.14. The minimum Gasteiger partial charge on any atom is -0.357 e.